The van der Waals surface area contributed by atoms with Gasteiger partial charge in [0.15, 0.2) is 0 Å². The average molecular weight is 577 g/mol. The molecular weight excluding hydrogens is 546 g/mol. The first-order chi connectivity index (χ1) is 19.5. The Morgan fingerprint density at radius 1 is 0.854 bits per heavy atom. The van der Waals surface area contributed by atoms with Crippen LogP contribution in [-0.4, -0.2) is 24.6 Å². The van der Waals surface area contributed by atoms with Crippen LogP contribution in [0, 0.1) is 5.92 Å². The topological polar surface area (TPSA) is 50.4 Å². The molecule has 2 aliphatic rings. The highest BCUT2D eigenvalue weighted by Gasteiger charge is 2.56. The van der Waals surface area contributed by atoms with E-state index in [2.05, 4.69) is 10.6 Å². The fourth-order valence-corrected chi connectivity index (χ4v) is 6.08. The largest absolute Gasteiger partial charge is 0.416 e. The number of fused-ring (bicyclic) bond motifs is 2. The lowest BCUT2D eigenvalue weighted by Gasteiger charge is -2.42. The van der Waals surface area contributed by atoms with Crippen LogP contribution in [0.2, 0.25) is 0 Å². The second-order valence-electron chi connectivity index (χ2n) is 10.7. The van der Waals surface area contributed by atoms with Gasteiger partial charge in [-0.1, -0.05) is 60.7 Å². The predicted molar refractivity (Wildman–Crippen MR) is 141 cm³/mol. The fraction of sp³-hybridized carbons (Fsp3) is 0.387. The van der Waals surface area contributed by atoms with Crippen LogP contribution >= 0.6 is 0 Å². The minimum absolute atomic E-state index is 0.0930. The van der Waals surface area contributed by atoms with Gasteiger partial charge in [0.05, 0.1) is 35.3 Å². The monoisotopic (exact) mass is 576 g/mol. The Bertz CT molecular complexity index is 1310. The number of ether oxygens (including phenoxy) is 1. The van der Waals surface area contributed by atoms with Crippen molar-refractivity contribution in [2.75, 3.05) is 6.54 Å². The summed E-state index contributed by atoms with van der Waals surface area (Å²) >= 11 is 0. The van der Waals surface area contributed by atoms with Gasteiger partial charge in [0.2, 0.25) is 5.91 Å². The molecule has 2 saturated heterocycles. The van der Waals surface area contributed by atoms with Gasteiger partial charge in [-0.25, -0.2) is 0 Å². The molecule has 4 unspecified atom stereocenters. The molecule has 0 aromatic heterocycles. The minimum atomic E-state index is -4.94. The van der Waals surface area contributed by atoms with Crippen LogP contribution in [-0.2, 0) is 40.5 Å². The van der Waals surface area contributed by atoms with Crippen molar-refractivity contribution < 1.29 is 35.9 Å². The van der Waals surface area contributed by atoms with Crippen LogP contribution in [0.15, 0.2) is 78.9 Å². The van der Waals surface area contributed by atoms with Crippen LogP contribution in [0.25, 0.3) is 0 Å². The Labute approximate surface area is 234 Å². The van der Waals surface area contributed by atoms with Crippen molar-refractivity contribution in [3.8, 4) is 0 Å². The molecule has 2 aliphatic heterocycles. The second-order valence-corrected chi connectivity index (χ2v) is 10.7. The maximum absolute atomic E-state index is 13.4. The van der Waals surface area contributed by atoms with E-state index in [1.54, 1.807) is 0 Å². The lowest BCUT2D eigenvalue weighted by atomic mass is 9.80. The number of nitrogens with one attached hydrogen (secondary N) is 2. The van der Waals surface area contributed by atoms with E-state index in [1.807, 2.05) is 60.7 Å². The fourth-order valence-electron chi connectivity index (χ4n) is 6.08. The van der Waals surface area contributed by atoms with Crippen molar-refractivity contribution in [1.29, 1.82) is 0 Å². The first-order valence-corrected chi connectivity index (χ1v) is 13.5. The third kappa shape index (κ3) is 6.43. The zero-order valence-corrected chi connectivity index (χ0v) is 22.1. The number of carbonyl (C=O) groups excluding carboxylic acids is 1. The van der Waals surface area contributed by atoms with E-state index >= 15 is 0 Å². The van der Waals surface area contributed by atoms with Crippen LogP contribution in [0.3, 0.4) is 0 Å². The Morgan fingerprint density at radius 2 is 1.46 bits per heavy atom. The number of hydrogen-bond donors (Lipinski definition) is 2. The number of halogens is 6. The van der Waals surface area contributed by atoms with E-state index < -0.39 is 41.7 Å². The molecule has 2 bridgehead atoms. The molecule has 10 heteroatoms. The Kier molecular flexibility index (Phi) is 8.16. The average Bonchev–Trinajstić information content (AvgIpc) is 3.26. The predicted octanol–water partition coefficient (Wildman–Crippen LogP) is 6.64. The van der Waals surface area contributed by atoms with Gasteiger partial charge in [0.25, 0.3) is 0 Å². The summed E-state index contributed by atoms with van der Waals surface area (Å²) in [6.45, 7) is 0.0357. The summed E-state index contributed by atoms with van der Waals surface area (Å²) < 4.78 is 86.4. The summed E-state index contributed by atoms with van der Waals surface area (Å²) in [4.78, 5) is 13.3. The number of benzene rings is 3. The van der Waals surface area contributed by atoms with Crippen LogP contribution < -0.4 is 10.6 Å². The molecule has 0 saturated carbocycles. The first kappa shape index (κ1) is 29.1. The number of amides is 1. The summed E-state index contributed by atoms with van der Waals surface area (Å²) in [6.07, 6.45) is -8.31. The Morgan fingerprint density at radius 3 is 2.07 bits per heavy atom. The lowest BCUT2D eigenvalue weighted by Crippen LogP contribution is -2.54. The van der Waals surface area contributed by atoms with Gasteiger partial charge in [-0.2, -0.15) is 26.3 Å². The number of piperidine rings is 1. The third-order valence-corrected chi connectivity index (χ3v) is 8.04. The quantitative estimate of drug-likeness (QED) is 0.296. The maximum Gasteiger partial charge on any atom is 0.416 e. The first-order valence-electron chi connectivity index (χ1n) is 13.5. The highest BCUT2D eigenvalue weighted by Crippen LogP contribution is 2.48. The lowest BCUT2D eigenvalue weighted by molar-refractivity contribution is -0.143. The molecule has 3 aromatic rings. The second kappa shape index (κ2) is 11.5. The van der Waals surface area contributed by atoms with E-state index in [1.165, 1.54) is 0 Å². The molecule has 2 N–H and O–H groups in total. The van der Waals surface area contributed by atoms with Crippen molar-refractivity contribution in [1.82, 2.24) is 10.6 Å². The van der Waals surface area contributed by atoms with Gasteiger partial charge in [-0.05, 0) is 60.6 Å². The molecule has 4 atom stereocenters. The molecule has 41 heavy (non-hydrogen) atoms. The van der Waals surface area contributed by atoms with Gasteiger partial charge >= 0.3 is 12.4 Å². The summed E-state index contributed by atoms with van der Waals surface area (Å²) in [5, 5.41) is 6.61. The molecule has 5 rings (SSSR count). The summed E-state index contributed by atoms with van der Waals surface area (Å²) in [7, 11) is 0. The highest BCUT2D eigenvalue weighted by molar-refractivity contribution is 5.80. The molecule has 1 amide bonds. The third-order valence-electron chi connectivity index (χ3n) is 8.04. The standard InChI is InChI=1S/C31H30F6N2O2/c32-30(33,34)23-15-21(16-24(17-23)31(35,36)37)19-41-27-12-11-26-25(18-29(27,39-26)22-9-5-2-6-10-22)28(40)38-14-13-20-7-3-1-4-8-20/h1-10,15-17,25-27,39H,11-14,18-19H2,(H,38,40). The molecular formula is C31H30F6N2O2. The molecule has 4 nitrogen and oxygen atoms in total. The Hall–Kier alpha value is -3.37. The van der Waals surface area contributed by atoms with Crippen LogP contribution in [0.5, 0.6) is 0 Å². The zero-order valence-electron chi connectivity index (χ0n) is 22.1. The number of alkyl halides is 6. The number of rotatable bonds is 8. The minimum Gasteiger partial charge on any atom is -0.371 e. The number of hydrogen-bond acceptors (Lipinski definition) is 3. The summed E-state index contributed by atoms with van der Waals surface area (Å²) in [5.74, 6) is -0.463. The highest BCUT2D eigenvalue weighted by atomic mass is 19.4. The van der Waals surface area contributed by atoms with E-state index in [-0.39, 0.29) is 29.5 Å². The molecule has 3 aromatic carbocycles. The van der Waals surface area contributed by atoms with Gasteiger partial charge in [0, 0.05) is 12.6 Å². The van der Waals surface area contributed by atoms with E-state index in [0.29, 0.717) is 44.4 Å². The molecule has 2 heterocycles. The number of carbonyl (C=O) groups is 1. The summed E-state index contributed by atoms with van der Waals surface area (Å²) in [6, 6.07) is 20.5. The normalized spacial score (nSPS) is 24.3. The molecule has 0 spiro atoms. The van der Waals surface area contributed by atoms with Crippen molar-refractivity contribution in [2.45, 2.75) is 62.3 Å². The van der Waals surface area contributed by atoms with E-state index in [9.17, 15) is 31.1 Å². The van der Waals surface area contributed by atoms with Crippen molar-refractivity contribution in [3.63, 3.8) is 0 Å². The SMILES string of the molecule is O=C(NCCc1ccccc1)C1CC2(c3ccccc3)NC1CCC2OCc1cc(C(F)(F)F)cc(C(F)(F)F)c1. The molecule has 0 aliphatic carbocycles. The van der Waals surface area contributed by atoms with Crippen molar-refractivity contribution in [3.05, 3.63) is 107 Å². The Balaban J connectivity index is 1.35. The van der Waals surface area contributed by atoms with Gasteiger partial charge in [-0.3, -0.25) is 4.79 Å². The van der Waals surface area contributed by atoms with E-state index in [0.717, 1.165) is 11.1 Å². The van der Waals surface area contributed by atoms with Gasteiger partial charge in [-0.15, -0.1) is 0 Å². The van der Waals surface area contributed by atoms with Crippen molar-refractivity contribution in [2.24, 2.45) is 5.92 Å². The van der Waals surface area contributed by atoms with Crippen LogP contribution in [0.4, 0.5) is 26.3 Å². The van der Waals surface area contributed by atoms with Gasteiger partial charge in [0.1, 0.15) is 0 Å². The van der Waals surface area contributed by atoms with Crippen molar-refractivity contribution >= 4 is 5.91 Å². The smallest absolute Gasteiger partial charge is 0.371 e. The van der Waals surface area contributed by atoms with Gasteiger partial charge < -0.3 is 15.4 Å². The maximum atomic E-state index is 13.4. The van der Waals surface area contributed by atoms with Crippen LogP contribution in [0.1, 0.15) is 47.1 Å². The molecule has 2 fully saturated rings. The zero-order chi connectivity index (χ0) is 29.3. The molecule has 218 valence electrons. The molecule has 0 radical (unpaired) electrons. The summed E-state index contributed by atoms with van der Waals surface area (Å²) in [5.41, 5.74) is -1.83. The van der Waals surface area contributed by atoms with E-state index in [4.69, 9.17) is 4.74 Å².